The van der Waals surface area contributed by atoms with Crippen molar-refractivity contribution in [2.45, 2.75) is 19.8 Å². The molecule has 0 radical (unpaired) electrons. The van der Waals surface area contributed by atoms with Gasteiger partial charge in [-0.05, 0) is 36.2 Å². The lowest BCUT2D eigenvalue weighted by atomic mass is 9.91. The molecule has 0 bridgehead atoms. The van der Waals surface area contributed by atoms with Crippen LogP contribution >= 0.6 is 11.6 Å². The summed E-state index contributed by atoms with van der Waals surface area (Å²) in [4.78, 5) is 0. The van der Waals surface area contributed by atoms with Gasteiger partial charge < -0.3 is 4.57 Å². The number of benzene rings is 2. The summed E-state index contributed by atoms with van der Waals surface area (Å²) in [6.45, 7) is 4.46. The fourth-order valence-corrected chi connectivity index (χ4v) is 3.14. The summed E-state index contributed by atoms with van der Waals surface area (Å²) >= 11 is 5.99. The fraction of sp³-hybridized carbons (Fsp3) is 0.222. The highest BCUT2D eigenvalue weighted by Crippen LogP contribution is 2.34. The van der Waals surface area contributed by atoms with E-state index in [9.17, 15) is 0 Å². The predicted molar refractivity (Wildman–Crippen MR) is 86.6 cm³/mol. The van der Waals surface area contributed by atoms with Crippen molar-refractivity contribution in [2.24, 2.45) is 7.05 Å². The Labute approximate surface area is 124 Å². The molecule has 2 heteroatoms. The molecule has 0 fully saturated rings. The second-order valence-electron chi connectivity index (χ2n) is 5.35. The van der Waals surface area contributed by atoms with E-state index in [2.05, 4.69) is 61.9 Å². The third-order valence-corrected chi connectivity index (χ3v) is 4.50. The maximum absolute atomic E-state index is 5.99. The van der Waals surface area contributed by atoms with Crippen LogP contribution in [0.3, 0.4) is 0 Å². The van der Waals surface area contributed by atoms with Gasteiger partial charge in [-0.3, -0.25) is 0 Å². The van der Waals surface area contributed by atoms with Crippen LogP contribution in [0.4, 0.5) is 0 Å². The maximum Gasteiger partial charge on any atom is 0.0482 e. The number of halogens is 1. The van der Waals surface area contributed by atoms with E-state index in [-0.39, 0.29) is 0 Å². The molecule has 0 N–H and O–H groups in total. The predicted octanol–water partition coefficient (Wildman–Crippen LogP) is 5.29. The third-order valence-electron chi connectivity index (χ3n) is 4.25. The van der Waals surface area contributed by atoms with Crippen molar-refractivity contribution in [3.8, 4) is 0 Å². The summed E-state index contributed by atoms with van der Waals surface area (Å²) in [5, 5.41) is 2.13. The fourth-order valence-electron chi connectivity index (χ4n) is 3.01. The lowest BCUT2D eigenvalue weighted by Crippen LogP contribution is -1.99. The topological polar surface area (TPSA) is 4.93 Å². The van der Waals surface area contributed by atoms with Gasteiger partial charge in [0.2, 0.25) is 0 Å². The molecule has 3 aromatic rings. The molecular formula is C18H18ClN. The molecule has 1 unspecified atom stereocenters. The van der Waals surface area contributed by atoms with Crippen molar-refractivity contribution in [1.82, 2.24) is 4.57 Å². The van der Waals surface area contributed by atoms with E-state index >= 15 is 0 Å². The first-order valence-electron chi connectivity index (χ1n) is 6.89. The Bertz CT molecular complexity index is 753. The van der Waals surface area contributed by atoms with Crippen molar-refractivity contribution < 1.29 is 0 Å². The molecule has 1 heterocycles. The van der Waals surface area contributed by atoms with Crippen LogP contribution in [0.2, 0.25) is 5.02 Å². The average molecular weight is 284 g/mol. The van der Waals surface area contributed by atoms with Crippen molar-refractivity contribution in [1.29, 1.82) is 0 Å². The Morgan fingerprint density at radius 2 is 1.65 bits per heavy atom. The Morgan fingerprint density at radius 1 is 1.00 bits per heavy atom. The molecule has 2 aromatic carbocycles. The van der Waals surface area contributed by atoms with E-state index in [4.69, 9.17) is 11.6 Å². The highest BCUT2D eigenvalue weighted by atomic mass is 35.5. The Morgan fingerprint density at radius 3 is 2.35 bits per heavy atom. The summed E-state index contributed by atoms with van der Waals surface area (Å²) in [5.74, 6) is 0.360. The van der Waals surface area contributed by atoms with Crippen molar-refractivity contribution >= 4 is 22.5 Å². The molecule has 0 spiro atoms. The minimum absolute atomic E-state index is 0.360. The first-order valence-corrected chi connectivity index (χ1v) is 7.26. The van der Waals surface area contributed by atoms with Gasteiger partial charge >= 0.3 is 0 Å². The van der Waals surface area contributed by atoms with Crippen LogP contribution in [-0.2, 0) is 7.05 Å². The molecule has 1 atom stereocenters. The number of hydrogen-bond donors (Lipinski definition) is 0. The summed E-state index contributed by atoms with van der Waals surface area (Å²) in [6, 6.07) is 16.8. The molecule has 1 nitrogen and oxygen atoms in total. The third kappa shape index (κ3) is 2.03. The van der Waals surface area contributed by atoms with Gasteiger partial charge in [-0.2, -0.15) is 0 Å². The monoisotopic (exact) mass is 283 g/mol. The molecule has 1 aromatic heterocycles. The first kappa shape index (κ1) is 13.3. The molecule has 0 amide bonds. The van der Waals surface area contributed by atoms with Crippen LogP contribution in [0.15, 0.2) is 48.5 Å². The van der Waals surface area contributed by atoms with Crippen LogP contribution in [0.1, 0.15) is 29.7 Å². The number of aryl methyl sites for hydroxylation is 1. The highest BCUT2D eigenvalue weighted by Gasteiger charge is 2.18. The zero-order valence-electron chi connectivity index (χ0n) is 12.0. The number of nitrogens with zero attached hydrogens (tertiary/aromatic N) is 1. The Kier molecular flexibility index (Phi) is 3.31. The van der Waals surface area contributed by atoms with Crippen LogP contribution in [0, 0.1) is 6.92 Å². The second kappa shape index (κ2) is 4.99. The van der Waals surface area contributed by atoms with Gasteiger partial charge in [0, 0.05) is 34.6 Å². The summed E-state index contributed by atoms with van der Waals surface area (Å²) in [5.41, 5.74) is 5.33. The smallest absolute Gasteiger partial charge is 0.0482 e. The van der Waals surface area contributed by atoms with Crippen LogP contribution < -0.4 is 0 Å². The summed E-state index contributed by atoms with van der Waals surface area (Å²) < 4.78 is 2.27. The molecule has 3 rings (SSSR count). The molecule has 0 saturated heterocycles. The van der Waals surface area contributed by atoms with Gasteiger partial charge in [0.05, 0.1) is 0 Å². The number of aromatic nitrogens is 1. The first-order chi connectivity index (χ1) is 9.59. The Balaban J connectivity index is 2.19. The lowest BCUT2D eigenvalue weighted by molar-refractivity contribution is 0.859. The maximum atomic E-state index is 5.99. The molecule has 0 aliphatic carbocycles. The van der Waals surface area contributed by atoms with Crippen molar-refractivity contribution in [3.05, 3.63) is 70.4 Å². The summed E-state index contributed by atoms with van der Waals surface area (Å²) in [7, 11) is 2.13. The lowest BCUT2D eigenvalue weighted by Gasteiger charge is -2.13. The van der Waals surface area contributed by atoms with Gasteiger partial charge in [-0.1, -0.05) is 48.9 Å². The van der Waals surface area contributed by atoms with E-state index in [1.165, 1.54) is 27.7 Å². The van der Waals surface area contributed by atoms with Gasteiger partial charge in [0.15, 0.2) is 0 Å². The molecular weight excluding hydrogens is 266 g/mol. The average Bonchev–Trinajstić information content (AvgIpc) is 2.72. The van der Waals surface area contributed by atoms with Crippen LogP contribution in [0.25, 0.3) is 10.9 Å². The van der Waals surface area contributed by atoms with Gasteiger partial charge in [-0.25, -0.2) is 0 Å². The van der Waals surface area contributed by atoms with E-state index in [1.807, 2.05) is 12.1 Å². The van der Waals surface area contributed by atoms with E-state index in [1.54, 1.807) is 0 Å². The molecule has 102 valence electrons. The van der Waals surface area contributed by atoms with Gasteiger partial charge in [0.1, 0.15) is 0 Å². The van der Waals surface area contributed by atoms with E-state index in [0.29, 0.717) is 5.92 Å². The Hall–Kier alpha value is -1.73. The second-order valence-corrected chi connectivity index (χ2v) is 5.78. The largest absolute Gasteiger partial charge is 0.348 e. The molecule has 0 aliphatic rings. The number of hydrogen-bond acceptors (Lipinski definition) is 0. The van der Waals surface area contributed by atoms with E-state index in [0.717, 1.165) is 5.02 Å². The highest BCUT2D eigenvalue weighted by molar-refractivity contribution is 6.30. The number of rotatable bonds is 2. The summed E-state index contributed by atoms with van der Waals surface area (Å²) in [6.07, 6.45) is 0. The van der Waals surface area contributed by atoms with Crippen LogP contribution in [0.5, 0.6) is 0 Å². The number of fused-ring (bicyclic) bond motifs is 1. The van der Waals surface area contributed by atoms with Gasteiger partial charge in [0.25, 0.3) is 0 Å². The van der Waals surface area contributed by atoms with Crippen molar-refractivity contribution in [3.63, 3.8) is 0 Å². The molecule has 0 aliphatic heterocycles. The minimum Gasteiger partial charge on any atom is -0.348 e. The normalized spacial score (nSPS) is 12.8. The van der Waals surface area contributed by atoms with Gasteiger partial charge in [-0.15, -0.1) is 0 Å². The molecule has 0 saturated carbocycles. The standard InChI is InChI=1S/C18H18ClN/c1-12(14-8-10-15(19)11-9-14)18-13(2)20(3)17-7-5-4-6-16(17)18/h4-12H,1-3H3. The quantitative estimate of drug-likeness (QED) is 0.602. The SMILES string of the molecule is Cc1c(C(C)c2ccc(Cl)cc2)c2ccccc2n1C. The van der Waals surface area contributed by atoms with Crippen molar-refractivity contribution in [2.75, 3.05) is 0 Å². The zero-order valence-corrected chi connectivity index (χ0v) is 12.8. The zero-order chi connectivity index (χ0) is 14.3. The van der Waals surface area contributed by atoms with E-state index < -0.39 is 0 Å². The van der Waals surface area contributed by atoms with Crippen LogP contribution in [-0.4, -0.2) is 4.57 Å². The number of para-hydroxylation sites is 1. The minimum atomic E-state index is 0.360. The molecule has 20 heavy (non-hydrogen) atoms.